The van der Waals surface area contributed by atoms with Crippen molar-refractivity contribution < 1.29 is 5.11 Å². The summed E-state index contributed by atoms with van der Waals surface area (Å²) < 4.78 is 0. The lowest BCUT2D eigenvalue weighted by Gasteiger charge is -2.26. The first kappa shape index (κ1) is 14.7. The number of benzene rings is 1. The van der Waals surface area contributed by atoms with E-state index in [1.165, 1.54) is 0 Å². The molecule has 2 unspecified atom stereocenters. The first-order valence-electron chi connectivity index (χ1n) is 6.36. The number of aliphatic hydroxyl groups excluding tert-OH is 1. The summed E-state index contributed by atoms with van der Waals surface area (Å²) in [5.41, 5.74) is 0.974. The first-order valence-corrected chi connectivity index (χ1v) is 6.36. The highest BCUT2D eigenvalue weighted by atomic mass is 16.3. The van der Waals surface area contributed by atoms with Gasteiger partial charge in [-0.15, -0.1) is 13.2 Å². The Morgan fingerprint density at radius 3 is 2.22 bits per heavy atom. The molecule has 18 heavy (non-hydrogen) atoms. The summed E-state index contributed by atoms with van der Waals surface area (Å²) in [6.07, 6.45) is 3.33. The van der Waals surface area contributed by atoms with E-state index in [0.717, 1.165) is 25.2 Å². The van der Waals surface area contributed by atoms with E-state index in [1.54, 1.807) is 0 Å². The standard InChI is InChI=1S/C16H23NO/c1-4-11-17(12-5-2)13-14(3)16(18)15-9-7-6-8-10-15/h4-10,14,16,18H,1-2,11-13H2,3H3. The SMILES string of the molecule is C=CCN(CC=C)CC(C)C(O)c1ccccc1. The second kappa shape index (κ2) is 7.85. The molecule has 0 saturated carbocycles. The number of rotatable bonds is 8. The molecular formula is C16H23NO. The molecule has 1 rings (SSSR count). The van der Waals surface area contributed by atoms with Gasteiger partial charge >= 0.3 is 0 Å². The molecule has 0 aliphatic rings. The predicted octanol–water partition coefficient (Wildman–Crippen LogP) is 3.03. The van der Waals surface area contributed by atoms with Crippen LogP contribution in [0.3, 0.4) is 0 Å². The van der Waals surface area contributed by atoms with E-state index in [2.05, 4.69) is 25.0 Å². The van der Waals surface area contributed by atoms with E-state index in [-0.39, 0.29) is 5.92 Å². The minimum atomic E-state index is -0.427. The molecule has 0 bridgehead atoms. The van der Waals surface area contributed by atoms with Crippen molar-refractivity contribution >= 4 is 0 Å². The van der Waals surface area contributed by atoms with Crippen molar-refractivity contribution in [3.05, 3.63) is 61.2 Å². The van der Waals surface area contributed by atoms with Crippen molar-refractivity contribution in [3.63, 3.8) is 0 Å². The first-order chi connectivity index (χ1) is 8.69. The van der Waals surface area contributed by atoms with Gasteiger partial charge in [-0.3, -0.25) is 4.90 Å². The minimum absolute atomic E-state index is 0.173. The zero-order chi connectivity index (χ0) is 13.4. The molecule has 98 valence electrons. The maximum absolute atomic E-state index is 10.3. The summed E-state index contributed by atoms with van der Waals surface area (Å²) >= 11 is 0. The Bertz CT molecular complexity index is 351. The van der Waals surface area contributed by atoms with Crippen LogP contribution in [-0.4, -0.2) is 29.6 Å². The molecule has 2 heteroatoms. The lowest BCUT2D eigenvalue weighted by atomic mass is 9.97. The Labute approximate surface area is 110 Å². The molecule has 0 spiro atoms. The molecule has 0 fully saturated rings. The Morgan fingerprint density at radius 2 is 1.72 bits per heavy atom. The van der Waals surface area contributed by atoms with Crippen molar-refractivity contribution in [3.8, 4) is 0 Å². The maximum atomic E-state index is 10.3. The largest absolute Gasteiger partial charge is 0.388 e. The van der Waals surface area contributed by atoms with Crippen LogP contribution in [0.15, 0.2) is 55.6 Å². The fourth-order valence-corrected chi connectivity index (χ4v) is 2.07. The predicted molar refractivity (Wildman–Crippen MR) is 77.4 cm³/mol. The Hall–Kier alpha value is -1.38. The second-order valence-electron chi connectivity index (χ2n) is 4.63. The Morgan fingerprint density at radius 1 is 1.17 bits per heavy atom. The molecule has 0 heterocycles. The third kappa shape index (κ3) is 4.47. The average molecular weight is 245 g/mol. The summed E-state index contributed by atoms with van der Waals surface area (Å²) in [6.45, 7) is 12.0. The number of hydrogen-bond donors (Lipinski definition) is 1. The fraction of sp³-hybridized carbons (Fsp3) is 0.375. The third-order valence-corrected chi connectivity index (χ3v) is 3.00. The van der Waals surface area contributed by atoms with Gasteiger partial charge < -0.3 is 5.11 Å². The van der Waals surface area contributed by atoms with Gasteiger partial charge in [0.1, 0.15) is 0 Å². The van der Waals surface area contributed by atoms with Crippen molar-refractivity contribution in [2.75, 3.05) is 19.6 Å². The van der Waals surface area contributed by atoms with E-state index in [1.807, 2.05) is 42.5 Å². The molecule has 0 aromatic heterocycles. The second-order valence-corrected chi connectivity index (χ2v) is 4.63. The topological polar surface area (TPSA) is 23.5 Å². The minimum Gasteiger partial charge on any atom is -0.388 e. The molecular weight excluding hydrogens is 222 g/mol. The van der Waals surface area contributed by atoms with Crippen LogP contribution in [0, 0.1) is 5.92 Å². The van der Waals surface area contributed by atoms with Crippen molar-refractivity contribution in [1.29, 1.82) is 0 Å². The zero-order valence-corrected chi connectivity index (χ0v) is 11.1. The van der Waals surface area contributed by atoms with Crippen LogP contribution >= 0.6 is 0 Å². The highest BCUT2D eigenvalue weighted by molar-refractivity contribution is 5.17. The molecule has 1 N–H and O–H groups in total. The zero-order valence-electron chi connectivity index (χ0n) is 11.1. The van der Waals surface area contributed by atoms with E-state index in [9.17, 15) is 5.11 Å². The highest BCUT2D eigenvalue weighted by Gasteiger charge is 2.18. The van der Waals surface area contributed by atoms with Crippen molar-refractivity contribution in [2.45, 2.75) is 13.0 Å². The van der Waals surface area contributed by atoms with Gasteiger partial charge in [0.15, 0.2) is 0 Å². The van der Waals surface area contributed by atoms with Gasteiger partial charge in [0, 0.05) is 19.6 Å². The molecule has 0 amide bonds. The lowest BCUT2D eigenvalue weighted by molar-refractivity contribution is 0.0942. The van der Waals surface area contributed by atoms with Crippen LogP contribution in [0.25, 0.3) is 0 Å². The van der Waals surface area contributed by atoms with Crippen molar-refractivity contribution in [1.82, 2.24) is 4.90 Å². The third-order valence-electron chi connectivity index (χ3n) is 3.00. The molecule has 0 radical (unpaired) electrons. The summed E-state index contributed by atoms with van der Waals surface area (Å²) in [4.78, 5) is 2.22. The van der Waals surface area contributed by atoms with Crippen LogP contribution < -0.4 is 0 Å². The molecule has 1 aromatic rings. The van der Waals surface area contributed by atoms with Crippen molar-refractivity contribution in [2.24, 2.45) is 5.92 Å². The normalized spacial score (nSPS) is 14.2. The number of nitrogens with zero attached hydrogens (tertiary/aromatic N) is 1. The highest BCUT2D eigenvalue weighted by Crippen LogP contribution is 2.22. The quantitative estimate of drug-likeness (QED) is 0.712. The molecule has 0 saturated heterocycles. The van der Waals surface area contributed by atoms with Gasteiger partial charge in [-0.05, 0) is 11.5 Å². The van der Waals surface area contributed by atoms with Gasteiger partial charge in [0.25, 0.3) is 0 Å². The monoisotopic (exact) mass is 245 g/mol. The summed E-state index contributed by atoms with van der Waals surface area (Å²) in [7, 11) is 0. The molecule has 0 aliphatic heterocycles. The van der Waals surface area contributed by atoms with E-state index >= 15 is 0 Å². The average Bonchev–Trinajstić information content (AvgIpc) is 2.39. The maximum Gasteiger partial charge on any atom is 0.0827 e. The van der Waals surface area contributed by atoms with Gasteiger partial charge in [-0.25, -0.2) is 0 Å². The van der Waals surface area contributed by atoms with E-state index in [4.69, 9.17) is 0 Å². The van der Waals surface area contributed by atoms with Gasteiger partial charge in [-0.2, -0.15) is 0 Å². The van der Waals surface area contributed by atoms with Gasteiger partial charge in [-0.1, -0.05) is 49.4 Å². The lowest BCUT2D eigenvalue weighted by Crippen LogP contribution is -2.31. The molecule has 1 aromatic carbocycles. The van der Waals surface area contributed by atoms with Crippen LogP contribution in [0.5, 0.6) is 0 Å². The van der Waals surface area contributed by atoms with Gasteiger partial charge in [0.05, 0.1) is 6.10 Å². The summed E-state index contributed by atoms with van der Waals surface area (Å²) in [5, 5.41) is 10.3. The fourth-order valence-electron chi connectivity index (χ4n) is 2.07. The molecule has 0 aliphatic carbocycles. The van der Waals surface area contributed by atoms with Gasteiger partial charge in [0.2, 0.25) is 0 Å². The Balaban J connectivity index is 2.60. The smallest absolute Gasteiger partial charge is 0.0827 e. The molecule has 2 nitrogen and oxygen atoms in total. The van der Waals surface area contributed by atoms with E-state index in [0.29, 0.717) is 0 Å². The summed E-state index contributed by atoms with van der Waals surface area (Å²) in [6, 6.07) is 9.80. The molecule has 2 atom stereocenters. The summed E-state index contributed by atoms with van der Waals surface area (Å²) in [5.74, 6) is 0.173. The van der Waals surface area contributed by atoms with Crippen LogP contribution in [-0.2, 0) is 0 Å². The van der Waals surface area contributed by atoms with Crippen LogP contribution in [0.2, 0.25) is 0 Å². The number of aliphatic hydroxyl groups is 1. The number of hydrogen-bond acceptors (Lipinski definition) is 2. The van der Waals surface area contributed by atoms with E-state index < -0.39 is 6.10 Å². The Kier molecular flexibility index (Phi) is 6.40. The van der Waals surface area contributed by atoms with Crippen LogP contribution in [0.1, 0.15) is 18.6 Å². The van der Waals surface area contributed by atoms with Crippen LogP contribution in [0.4, 0.5) is 0 Å².